The third kappa shape index (κ3) is 5.53. The lowest BCUT2D eigenvalue weighted by atomic mass is 10.1. The van der Waals surface area contributed by atoms with Gasteiger partial charge in [-0.05, 0) is 32.9 Å². The zero-order chi connectivity index (χ0) is 10.9. The second kappa shape index (κ2) is 8.12. The van der Waals surface area contributed by atoms with Crippen LogP contribution in [0.25, 0.3) is 0 Å². The average molecular weight is 212 g/mol. The van der Waals surface area contributed by atoms with Crippen molar-refractivity contribution >= 4 is 0 Å². The van der Waals surface area contributed by atoms with Gasteiger partial charge in [0.15, 0.2) is 0 Å². The fraction of sp³-hybridized carbons (Fsp3) is 1.00. The highest BCUT2D eigenvalue weighted by Gasteiger charge is 2.14. The normalized spacial score (nSPS) is 21.2. The second-order valence-corrected chi connectivity index (χ2v) is 4.84. The lowest BCUT2D eigenvalue weighted by Gasteiger charge is -2.27. The Morgan fingerprint density at radius 2 is 2.00 bits per heavy atom. The van der Waals surface area contributed by atoms with Gasteiger partial charge in [0.2, 0.25) is 0 Å². The zero-order valence-electron chi connectivity index (χ0n) is 10.6. The Labute approximate surface area is 95.4 Å². The summed E-state index contributed by atoms with van der Waals surface area (Å²) in [5.74, 6) is 0. The quantitative estimate of drug-likeness (QED) is 0.681. The van der Waals surface area contributed by atoms with E-state index in [1.54, 1.807) is 0 Å². The van der Waals surface area contributed by atoms with Gasteiger partial charge >= 0.3 is 0 Å². The van der Waals surface area contributed by atoms with Crippen LogP contribution in [0, 0.1) is 0 Å². The predicted molar refractivity (Wildman–Crippen MR) is 67.3 cm³/mol. The average Bonchev–Trinajstić information content (AvgIpc) is 2.52. The van der Waals surface area contributed by atoms with Crippen LogP contribution in [-0.2, 0) is 0 Å². The van der Waals surface area contributed by atoms with E-state index in [0.29, 0.717) is 0 Å². The maximum Gasteiger partial charge on any atom is 0.0110 e. The molecule has 0 spiro atoms. The molecule has 1 aliphatic heterocycles. The Hall–Kier alpha value is -0.0800. The second-order valence-electron chi connectivity index (χ2n) is 4.84. The smallest absolute Gasteiger partial charge is 0.0110 e. The molecule has 0 bridgehead atoms. The number of unbranched alkanes of at least 4 members (excludes halogenated alkanes) is 3. The summed E-state index contributed by atoms with van der Waals surface area (Å²) in [7, 11) is 0. The van der Waals surface area contributed by atoms with Crippen molar-refractivity contribution in [3.63, 3.8) is 0 Å². The minimum absolute atomic E-state index is 0.793. The number of nitrogens with one attached hydrogen (secondary N) is 1. The molecule has 1 saturated heterocycles. The Balaban J connectivity index is 2.11. The summed E-state index contributed by atoms with van der Waals surface area (Å²) in [5, 5.41) is 3.47. The molecular weight excluding hydrogens is 184 g/mol. The van der Waals surface area contributed by atoms with Crippen LogP contribution in [0.5, 0.6) is 0 Å². The predicted octanol–water partition coefficient (Wildman–Crippen LogP) is 2.64. The molecule has 0 radical (unpaired) electrons. The maximum atomic E-state index is 3.47. The van der Waals surface area contributed by atoms with Gasteiger partial charge < -0.3 is 5.32 Å². The molecule has 1 aliphatic rings. The number of rotatable bonds is 6. The largest absolute Gasteiger partial charge is 0.315 e. The van der Waals surface area contributed by atoms with Crippen molar-refractivity contribution in [2.45, 2.75) is 58.4 Å². The standard InChI is InChI=1S/C13H28N2/c1-3-4-5-6-8-13(2)15-11-7-9-14-10-12-15/h13-14H,3-12H2,1-2H3/t13-/m1/s1. The molecule has 1 rings (SSSR count). The van der Waals surface area contributed by atoms with Crippen LogP contribution in [0.4, 0.5) is 0 Å². The van der Waals surface area contributed by atoms with Crippen LogP contribution in [0.1, 0.15) is 52.4 Å². The monoisotopic (exact) mass is 212 g/mol. The van der Waals surface area contributed by atoms with Crippen molar-refractivity contribution < 1.29 is 0 Å². The van der Waals surface area contributed by atoms with E-state index < -0.39 is 0 Å². The molecule has 1 fully saturated rings. The van der Waals surface area contributed by atoms with Gasteiger partial charge in [-0.2, -0.15) is 0 Å². The fourth-order valence-corrected chi connectivity index (χ4v) is 2.36. The molecule has 2 heteroatoms. The van der Waals surface area contributed by atoms with Crippen LogP contribution in [-0.4, -0.2) is 37.1 Å². The van der Waals surface area contributed by atoms with Gasteiger partial charge in [-0.1, -0.05) is 32.6 Å². The summed E-state index contributed by atoms with van der Waals surface area (Å²) in [6.07, 6.45) is 8.31. The highest BCUT2D eigenvalue weighted by molar-refractivity contribution is 4.71. The van der Waals surface area contributed by atoms with Crippen LogP contribution in [0.15, 0.2) is 0 Å². The van der Waals surface area contributed by atoms with E-state index in [9.17, 15) is 0 Å². The Kier molecular flexibility index (Phi) is 7.03. The van der Waals surface area contributed by atoms with Gasteiger partial charge in [-0.25, -0.2) is 0 Å². The zero-order valence-corrected chi connectivity index (χ0v) is 10.6. The molecule has 15 heavy (non-hydrogen) atoms. The summed E-state index contributed by atoms with van der Waals surface area (Å²) in [4.78, 5) is 2.66. The molecule has 0 aromatic heterocycles. The minimum Gasteiger partial charge on any atom is -0.315 e. The van der Waals surface area contributed by atoms with E-state index in [-0.39, 0.29) is 0 Å². The van der Waals surface area contributed by atoms with E-state index >= 15 is 0 Å². The minimum atomic E-state index is 0.793. The summed E-state index contributed by atoms with van der Waals surface area (Å²) >= 11 is 0. The molecule has 0 amide bonds. The van der Waals surface area contributed by atoms with E-state index in [0.717, 1.165) is 6.04 Å². The highest BCUT2D eigenvalue weighted by atomic mass is 15.2. The van der Waals surface area contributed by atoms with Crippen molar-refractivity contribution in [1.29, 1.82) is 0 Å². The first-order valence-electron chi connectivity index (χ1n) is 6.79. The Morgan fingerprint density at radius 3 is 2.80 bits per heavy atom. The van der Waals surface area contributed by atoms with Crippen molar-refractivity contribution in [2.75, 3.05) is 26.2 Å². The molecule has 1 N–H and O–H groups in total. The summed E-state index contributed by atoms with van der Waals surface area (Å²) in [6.45, 7) is 9.61. The first-order chi connectivity index (χ1) is 7.34. The lowest BCUT2D eigenvalue weighted by Crippen LogP contribution is -2.35. The van der Waals surface area contributed by atoms with Crippen LogP contribution in [0.2, 0.25) is 0 Å². The molecule has 2 nitrogen and oxygen atoms in total. The van der Waals surface area contributed by atoms with Crippen molar-refractivity contribution in [3.05, 3.63) is 0 Å². The van der Waals surface area contributed by atoms with Gasteiger partial charge in [0.1, 0.15) is 0 Å². The van der Waals surface area contributed by atoms with E-state index in [1.165, 1.54) is 64.7 Å². The van der Waals surface area contributed by atoms with Crippen LogP contribution >= 0.6 is 0 Å². The van der Waals surface area contributed by atoms with E-state index in [2.05, 4.69) is 24.1 Å². The van der Waals surface area contributed by atoms with Crippen LogP contribution in [0.3, 0.4) is 0 Å². The van der Waals surface area contributed by atoms with Gasteiger partial charge in [0.05, 0.1) is 0 Å². The summed E-state index contributed by atoms with van der Waals surface area (Å²) in [5.41, 5.74) is 0. The topological polar surface area (TPSA) is 15.3 Å². The fourth-order valence-electron chi connectivity index (χ4n) is 2.36. The molecular formula is C13H28N2. The third-order valence-corrected chi connectivity index (χ3v) is 3.47. The molecule has 0 saturated carbocycles. The Morgan fingerprint density at radius 1 is 1.13 bits per heavy atom. The van der Waals surface area contributed by atoms with Gasteiger partial charge in [0, 0.05) is 19.1 Å². The van der Waals surface area contributed by atoms with Crippen molar-refractivity contribution in [2.24, 2.45) is 0 Å². The molecule has 0 aliphatic carbocycles. The number of hydrogen-bond acceptors (Lipinski definition) is 2. The SMILES string of the molecule is CCCCCC[C@@H](C)N1CCCNCC1. The van der Waals surface area contributed by atoms with Crippen LogP contribution < -0.4 is 5.32 Å². The Bertz CT molecular complexity index is 139. The summed E-state index contributed by atoms with van der Waals surface area (Å²) in [6, 6.07) is 0.793. The van der Waals surface area contributed by atoms with Gasteiger partial charge in [-0.15, -0.1) is 0 Å². The number of hydrogen-bond donors (Lipinski definition) is 1. The van der Waals surface area contributed by atoms with Crippen molar-refractivity contribution in [3.8, 4) is 0 Å². The first kappa shape index (κ1) is 13.0. The van der Waals surface area contributed by atoms with Gasteiger partial charge in [0.25, 0.3) is 0 Å². The maximum absolute atomic E-state index is 3.47. The highest BCUT2D eigenvalue weighted by Crippen LogP contribution is 2.11. The number of nitrogens with zero attached hydrogens (tertiary/aromatic N) is 1. The molecule has 0 aromatic carbocycles. The summed E-state index contributed by atoms with van der Waals surface area (Å²) < 4.78 is 0. The molecule has 0 unspecified atom stereocenters. The van der Waals surface area contributed by atoms with E-state index in [4.69, 9.17) is 0 Å². The molecule has 0 aromatic rings. The molecule has 1 atom stereocenters. The van der Waals surface area contributed by atoms with Crippen molar-refractivity contribution in [1.82, 2.24) is 10.2 Å². The first-order valence-corrected chi connectivity index (χ1v) is 6.79. The third-order valence-electron chi connectivity index (χ3n) is 3.47. The van der Waals surface area contributed by atoms with Gasteiger partial charge in [-0.3, -0.25) is 4.90 Å². The lowest BCUT2D eigenvalue weighted by molar-refractivity contribution is 0.209. The molecule has 90 valence electrons. The molecule has 1 heterocycles. The van der Waals surface area contributed by atoms with E-state index in [1.807, 2.05) is 0 Å².